The quantitative estimate of drug-likeness (QED) is 0.295. The standard InChI is InChI=1S/C9H5ClFN3/c10-8-4-3-7(9(11)6-8)2-1-5-13-14-12/h3-4,6H,5H2. The van der Waals surface area contributed by atoms with E-state index in [9.17, 15) is 4.39 Å². The zero-order valence-electron chi connectivity index (χ0n) is 7.04. The van der Waals surface area contributed by atoms with E-state index < -0.39 is 5.82 Å². The van der Waals surface area contributed by atoms with Crippen LogP contribution < -0.4 is 0 Å². The number of benzene rings is 1. The van der Waals surface area contributed by atoms with Gasteiger partial charge in [-0.05, 0) is 23.7 Å². The van der Waals surface area contributed by atoms with Gasteiger partial charge in [-0.1, -0.05) is 28.6 Å². The van der Waals surface area contributed by atoms with Crippen LogP contribution in [0, 0.1) is 17.7 Å². The van der Waals surface area contributed by atoms with Gasteiger partial charge in [-0.2, -0.15) is 0 Å². The van der Waals surface area contributed by atoms with Gasteiger partial charge in [0.15, 0.2) is 0 Å². The van der Waals surface area contributed by atoms with Crippen molar-refractivity contribution in [3.05, 3.63) is 45.0 Å². The number of rotatable bonds is 1. The molecule has 0 radical (unpaired) electrons. The summed E-state index contributed by atoms with van der Waals surface area (Å²) in [4.78, 5) is 2.51. The normalized spacial score (nSPS) is 8.43. The molecule has 3 nitrogen and oxygen atoms in total. The Labute approximate surface area is 85.1 Å². The van der Waals surface area contributed by atoms with Gasteiger partial charge in [-0.15, -0.1) is 0 Å². The Morgan fingerprint density at radius 3 is 3.00 bits per heavy atom. The van der Waals surface area contributed by atoms with Crippen molar-refractivity contribution in [2.75, 3.05) is 6.54 Å². The average molecular weight is 210 g/mol. The molecule has 0 saturated carbocycles. The number of azide groups is 1. The maximum atomic E-state index is 13.1. The maximum absolute atomic E-state index is 13.1. The van der Waals surface area contributed by atoms with Gasteiger partial charge in [0.2, 0.25) is 0 Å². The van der Waals surface area contributed by atoms with Crippen molar-refractivity contribution < 1.29 is 4.39 Å². The Balaban J connectivity index is 2.84. The molecule has 0 amide bonds. The average Bonchev–Trinajstić information content (AvgIpc) is 2.15. The highest BCUT2D eigenvalue weighted by atomic mass is 35.5. The van der Waals surface area contributed by atoms with Gasteiger partial charge in [-0.3, -0.25) is 0 Å². The van der Waals surface area contributed by atoms with Crippen LogP contribution in [0.25, 0.3) is 10.4 Å². The van der Waals surface area contributed by atoms with Crippen LogP contribution in [0.3, 0.4) is 0 Å². The van der Waals surface area contributed by atoms with Crippen molar-refractivity contribution >= 4 is 11.6 Å². The fraction of sp³-hybridized carbons (Fsp3) is 0.111. The van der Waals surface area contributed by atoms with E-state index in [1.165, 1.54) is 12.1 Å². The summed E-state index contributed by atoms with van der Waals surface area (Å²) in [5.74, 6) is 4.56. The first-order valence-corrected chi connectivity index (χ1v) is 4.06. The van der Waals surface area contributed by atoms with Crippen LogP contribution in [0.5, 0.6) is 0 Å². The van der Waals surface area contributed by atoms with E-state index >= 15 is 0 Å². The van der Waals surface area contributed by atoms with E-state index in [2.05, 4.69) is 21.9 Å². The molecule has 0 unspecified atom stereocenters. The van der Waals surface area contributed by atoms with Crippen molar-refractivity contribution in [1.29, 1.82) is 0 Å². The minimum absolute atomic E-state index is 0.0264. The zero-order chi connectivity index (χ0) is 10.4. The molecule has 1 aromatic carbocycles. The van der Waals surface area contributed by atoms with Crippen LogP contribution in [-0.4, -0.2) is 6.54 Å². The van der Waals surface area contributed by atoms with Crippen molar-refractivity contribution in [3.8, 4) is 11.8 Å². The minimum Gasteiger partial charge on any atom is -0.206 e. The lowest BCUT2D eigenvalue weighted by molar-refractivity contribution is 0.624. The summed E-state index contributed by atoms with van der Waals surface area (Å²) in [7, 11) is 0. The van der Waals surface area contributed by atoms with Crippen molar-refractivity contribution in [3.63, 3.8) is 0 Å². The summed E-state index contributed by atoms with van der Waals surface area (Å²) in [5, 5.41) is 3.51. The molecule has 0 aromatic heterocycles. The van der Waals surface area contributed by atoms with Gasteiger partial charge in [0.1, 0.15) is 5.82 Å². The molecule has 0 saturated heterocycles. The van der Waals surface area contributed by atoms with E-state index in [0.29, 0.717) is 5.02 Å². The highest BCUT2D eigenvalue weighted by Crippen LogP contribution is 2.13. The number of hydrogen-bond donors (Lipinski definition) is 0. The third-order valence-corrected chi connectivity index (χ3v) is 1.60. The van der Waals surface area contributed by atoms with Crippen molar-refractivity contribution in [1.82, 2.24) is 0 Å². The predicted octanol–water partition coefficient (Wildman–Crippen LogP) is 3.14. The topological polar surface area (TPSA) is 48.8 Å². The molecule has 0 atom stereocenters. The molecule has 1 aromatic rings. The van der Waals surface area contributed by atoms with Gasteiger partial charge in [-0.25, -0.2) is 4.39 Å². The second kappa shape index (κ2) is 5.13. The second-order valence-electron chi connectivity index (χ2n) is 2.31. The molecule has 0 fully saturated rings. The summed E-state index contributed by atoms with van der Waals surface area (Å²) in [6.45, 7) is 0.0264. The fourth-order valence-corrected chi connectivity index (χ4v) is 0.951. The lowest BCUT2D eigenvalue weighted by Crippen LogP contribution is -1.82. The Kier molecular flexibility index (Phi) is 3.81. The predicted molar refractivity (Wildman–Crippen MR) is 52.3 cm³/mol. The van der Waals surface area contributed by atoms with Gasteiger partial charge in [0.25, 0.3) is 0 Å². The molecular weight excluding hydrogens is 205 g/mol. The monoisotopic (exact) mass is 209 g/mol. The Morgan fingerprint density at radius 1 is 1.57 bits per heavy atom. The van der Waals surface area contributed by atoms with E-state index in [4.69, 9.17) is 17.1 Å². The summed E-state index contributed by atoms with van der Waals surface area (Å²) in [5.41, 5.74) is 8.19. The highest BCUT2D eigenvalue weighted by Gasteiger charge is 1.98. The summed E-state index contributed by atoms with van der Waals surface area (Å²) >= 11 is 5.55. The van der Waals surface area contributed by atoms with E-state index in [0.717, 1.165) is 0 Å². The summed E-state index contributed by atoms with van der Waals surface area (Å²) in [6.07, 6.45) is 0. The molecule has 0 aliphatic rings. The fourth-order valence-electron chi connectivity index (χ4n) is 0.793. The molecule has 0 aliphatic carbocycles. The number of nitrogens with zero attached hydrogens (tertiary/aromatic N) is 3. The largest absolute Gasteiger partial charge is 0.206 e. The van der Waals surface area contributed by atoms with Crippen LogP contribution in [0.4, 0.5) is 4.39 Å². The molecule has 14 heavy (non-hydrogen) atoms. The maximum Gasteiger partial charge on any atom is 0.140 e. The Hall–Kier alpha value is -1.69. The van der Waals surface area contributed by atoms with E-state index in [1.807, 2.05) is 0 Å². The molecule has 0 heterocycles. The van der Waals surface area contributed by atoms with Gasteiger partial charge >= 0.3 is 0 Å². The Morgan fingerprint density at radius 2 is 2.36 bits per heavy atom. The first-order valence-electron chi connectivity index (χ1n) is 3.69. The SMILES string of the molecule is [N-]=[N+]=NCC#Cc1ccc(Cl)cc1F. The number of hydrogen-bond acceptors (Lipinski definition) is 1. The number of halogens is 2. The summed E-state index contributed by atoms with van der Waals surface area (Å²) < 4.78 is 13.1. The molecule has 0 bridgehead atoms. The van der Waals surface area contributed by atoms with Gasteiger partial charge in [0.05, 0.1) is 12.1 Å². The van der Waals surface area contributed by atoms with Crippen LogP contribution >= 0.6 is 11.6 Å². The van der Waals surface area contributed by atoms with E-state index in [-0.39, 0.29) is 12.1 Å². The lowest BCUT2D eigenvalue weighted by atomic mass is 10.2. The minimum atomic E-state index is -0.481. The van der Waals surface area contributed by atoms with Crippen LogP contribution in [0.2, 0.25) is 5.02 Å². The lowest BCUT2D eigenvalue weighted by Gasteiger charge is -1.93. The van der Waals surface area contributed by atoms with E-state index in [1.54, 1.807) is 6.07 Å². The molecule has 0 aliphatic heterocycles. The van der Waals surface area contributed by atoms with Crippen LogP contribution in [-0.2, 0) is 0 Å². The Bertz CT molecular complexity index is 441. The smallest absolute Gasteiger partial charge is 0.140 e. The van der Waals surface area contributed by atoms with Crippen LogP contribution in [0.15, 0.2) is 23.3 Å². The molecular formula is C9H5ClFN3. The molecule has 5 heteroatoms. The molecule has 0 spiro atoms. The summed E-state index contributed by atoms with van der Waals surface area (Å²) in [6, 6.07) is 4.20. The first kappa shape index (κ1) is 10.4. The molecule has 70 valence electrons. The first-order chi connectivity index (χ1) is 6.74. The van der Waals surface area contributed by atoms with Crippen molar-refractivity contribution in [2.45, 2.75) is 0 Å². The molecule has 1 rings (SSSR count). The third kappa shape index (κ3) is 2.98. The van der Waals surface area contributed by atoms with Crippen LogP contribution in [0.1, 0.15) is 5.56 Å². The van der Waals surface area contributed by atoms with Gasteiger partial charge < -0.3 is 0 Å². The second-order valence-corrected chi connectivity index (χ2v) is 2.75. The van der Waals surface area contributed by atoms with Crippen molar-refractivity contribution in [2.24, 2.45) is 5.11 Å². The third-order valence-electron chi connectivity index (χ3n) is 1.37. The van der Waals surface area contributed by atoms with Gasteiger partial charge in [0, 0.05) is 9.93 Å². The molecule has 0 N–H and O–H groups in total. The highest BCUT2D eigenvalue weighted by molar-refractivity contribution is 6.30. The zero-order valence-corrected chi connectivity index (χ0v) is 7.79.